The van der Waals surface area contributed by atoms with Crippen molar-refractivity contribution in [1.82, 2.24) is 4.98 Å². The molecule has 4 aromatic rings. The molecule has 1 aromatic heterocycles. The maximum Gasteiger partial charge on any atom is 1.00 e. The van der Waals surface area contributed by atoms with E-state index in [2.05, 4.69) is 17.4 Å². The summed E-state index contributed by atoms with van der Waals surface area (Å²) in [4.78, 5) is 18.6. The van der Waals surface area contributed by atoms with E-state index >= 15 is 0 Å². The van der Waals surface area contributed by atoms with Crippen LogP contribution in [0.4, 0.5) is 5.82 Å². The normalized spacial score (nSPS) is 14.1. The molecule has 5 rings (SSSR count). The third kappa shape index (κ3) is 9.11. The van der Waals surface area contributed by atoms with Gasteiger partial charge in [0.2, 0.25) is 0 Å². The van der Waals surface area contributed by atoms with E-state index in [-0.39, 0.29) is 41.2 Å². The third-order valence-corrected chi connectivity index (χ3v) is 8.23. The average molecular weight is 629 g/mol. The second kappa shape index (κ2) is 15.3. The van der Waals surface area contributed by atoms with Gasteiger partial charge in [0.25, 0.3) is 0 Å². The zero-order valence-electron chi connectivity index (χ0n) is 24.0. The first-order valence-electron chi connectivity index (χ1n) is 14.0. The van der Waals surface area contributed by atoms with E-state index in [4.69, 9.17) is 21.3 Å². The van der Waals surface area contributed by atoms with Crippen molar-refractivity contribution in [2.75, 3.05) is 17.7 Å². The molecule has 0 saturated carbocycles. The van der Waals surface area contributed by atoms with Gasteiger partial charge in [-0.1, -0.05) is 91.2 Å². The molecule has 1 unspecified atom stereocenters. The van der Waals surface area contributed by atoms with Gasteiger partial charge in [0.1, 0.15) is 23.3 Å². The fourth-order valence-electron chi connectivity index (χ4n) is 5.01. The Hall–Kier alpha value is -2.79. The van der Waals surface area contributed by atoms with Crippen molar-refractivity contribution in [2.45, 2.75) is 44.6 Å². The Morgan fingerprint density at radius 1 is 0.930 bits per heavy atom. The Labute approximate surface area is 279 Å². The third-order valence-electron chi connectivity index (χ3n) is 7.13. The summed E-state index contributed by atoms with van der Waals surface area (Å²) in [6.07, 6.45) is 5.25. The smallest absolute Gasteiger partial charge is 0.748 e. The number of unbranched alkanes of at least 4 members (excludes halogenated alkanes) is 3. The van der Waals surface area contributed by atoms with Gasteiger partial charge in [0.05, 0.1) is 21.7 Å². The van der Waals surface area contributed by atoms with Crippen molar-refractivity contribution in [1.29, 1.82) is 0 Å². The van der Waals surface area contributed by atoms with Gasteiger partial charge in [-0.25, -0.2) is 18.2 Å². The molecule has 0 spiro atoms. The topological polar surface area (TPSA) is 112 Å². The molecule has 43 heavy (non-hydrogen) atoms. The minimum Gasteiger partial charge on any atom is -0.748 e. The molecule has 11 heteroatoms. The molecule has 3 aromatic carbocycles. The number of halogens is 1. The van der Waals surface area contributed by atoms with Crippen LogP contribution in [-0.2, 0) is 23.0 Å². The molecule has 0 saturated heterocycles. The molecular formula is C32H32ClN3NaO5S+. The van der Waals surface area contributed by atoms with Crippen LogP contribution >= 0.6 is 11.6 Å². The number of benzene rings is 3. The van der Waals surface area contributed by atoms with Crippen molar-refractivity contribution in [3.63, 3.8) is 0 Å². The first-order valence-corrected chi connectivity index (χ1v) is 15.9. The number of carbonyl (C=O) groups excluding carboxylic acids is 1. The minimum absolute atomic E-state index is 0. The van der Waals surface area contributed by atoms with Crippen LogP contribution in [0.25, 0.3) is 11.3 Å². The SMILES string of the molecule is O=C1C(Cc2ccc(Cl)c(OCCCCCCS(=O)(=O)[O-])c2)Nc2c(Cc3ccccc3)nc(-c3ccccc3)c[n+]21.[Na+]. The predicted octanol–water partition coefficient (Wildman–Crippen LogP) is 2.45. The molecule has 2 heterocycles. The van der Waals surface area contributed by atoms with Crippen molar-refractivity contribution >= 4 is 33.4 Å². The van der Waals surface area contributed by atoms with Crippen LogP contribution in [0.15, 0.2) is 85.1 Å². The van der Waals surface area contributed by atoms with Gasteiger partial charge in [0, 0.05) is 24.2 Å². The standard InChI is InChI=1S/C32H32ClN3O5S.Na/c33-26-16-15-24(21-30(26)41-17-9-1-2-10-18-42(38,39)40)20-28-32(37)36-22-29(25-13-7-4-8-14-25)34-27(31(36)35-28)19-23-11-5-3-6-12-23;/h3-8,11-16,21-22,28H,1-2,9-10,17-20H2,(H,38,39,40);/q;+1. The summed E-state index contributed by atoms with van der Waals surface area (Å²) < 4.78 is 39.7. The second-order valence-electron chi connectivity index (χ2n) is 10.3. The van der Waals surface area contributed by atoms with Crippen LogP contribution in [0.3, 0.4) is 0 Å². The molecule has 218 valence electrons. The Morgan fingerprint density at radius 3 is 2.35 bits per heavy atom. The molecule has 1 atom stereocenters. The zero-order chi connectivity index (χ0) is 29.5. The van der Waals surface area contributed by atoms with Crippen LogP contribution in [0, 0.1) is 0 Å². The molecular weight excluding hydrogens is 597 g/mol. The second-order valence-corrected chi connectivity index (χ2v) is 12.3. The summed E-state index contributed by atoms with van der Waals surface area (Å²) in [5.74, 6) is 0.833. The Balaban J connectivity index is 0.00000423. The molecule has 1 N–H and O–H groups in total. The number of nitrogens with zero attached hydrogens (tertiary/aromatic N) is 2. The minimum atomic E-state index is -4.17. The summed E-state index contributed by atoms with van der Waals surface area (Å²) in [7, 11) is -4.17. The monoisotopic (exact) mass is 628 g/mol. The number of hydrogen-bond donors (Lipinski definition) is 1. The average Bonchev–Trinajstić information content (AvgIpc) is 3.29. The maximum atomic E-state index is 13.7. The summed E-state index contributed by atoms with van der Waals surface area (Å²) in [5, 5.41) is 3.90. The van der Waals surface area contributed by atoms with E-state index < -0.39 is 16.2 Å². The van der Waals surface area contributed by atoms with Crippen LogP contribution in [0.5, 0.6) is 5.75 Å². The Kier molecular flexibility index (Phi) is 11.8. The number of carbonyl (C=O) groups is 1. The van der Waals surface area contributed by atoms with Crippen molar-refractivity contribution in [2.24, 2.45) is 0 Å². The number of anilines is 1. The van der Waals surface area contributed by atoms with E-state index in [1.165, 1.54) is 0 Å². The molecule has 1 aliphatic heterocycles. The number of hydrogen-bond acceptors (Lipinski definition) is 7. The van der Waals surface area contributed by atoms with Gasteiger partial charge in [-0.2, -0.15) is 4.57 Å². The fraction of sp³-hybridized carbons (Fsp3) is 0.281. The molecule has 0 amide bonds. The summed E-state index contributed by atoms with van der Waals surface area (Å²) >= 11 is 6.38. The summed E-state index contributed by atoms with van der Waals surface area (Å²) in [6, 6.07) is 24.9. The van der Waals surface area contributed by atoms with E-state index in [0.29, 0.717) is 55.3 Å². The molecule has 8 nitrogen and oxygen atoms in total. The largest absolute Gasteiger partial charge is 1.00 e. The van der Waals surface area contributed by atoms with Crippen molar-refractivity contribution in [3.8, 4) is 17.0 Å². The predicted molar refractivity (Wildman–Crippen MR) is 161 cm³/mol. The van der Waals surface area contributed by atoms with E-state index in [9.17, 15) is 17.8 Å². The Bertz CT molecular complexity index is 1660. The van der Waals surface area contributed by atoms with Gasteiger partial charge in [0.15, 0.2) is 6.04 Å². The van der Waals surface area contributed by atoms with Gasteiger partial charge in [-0.05, 0) is 36.1 Å². The number of fused-ring (bicyclic) bond motifs is 1. The van der Waals surface area contributed by atoms with Crippen LogP contribution < -0.4 is 44.2 Å². The quantitative estimate of drug-likeness (QED) is 0.105. The molecule has 0 fully saturated rings. The first-order chi connectivity index (χ1) is 20.3. The van der Waals surface area contributed by atoms with Gasteiger partial charge >= 0.3 is 41.3 Å². The van der Waals surface area contributed by atoms with E-state index in [1.807, 2.05) is 60.7 Å². The van der Waals surface area contributed by atoms with Crippen molar-refractivity contribution in [3.05, 3.63) is 107 Å². The number of ether oxygens (including phenoxy) is 1. The van der Waals surface area contributed by atoms with E-state index in [1.54, 1.807) is 16.8 Å². The van der Waals surface area contributed by atoms with Gasteiger partial charge in [-0.15, -0.1) is 0 Å². The number of rotatable bonds is 13. The molecule has 0 bridgehead atoms. The maximum absolute atomic E-state index is 13.7. The molecule has 1 aliphatic rings. The van der Waals surface area contributed by atoms with Crippen LogP contribution in [0.1, 0.15) is 47.3 Å². The van der Waals surface area contributed by atoms with E-state index in [0.717, 1.165) is 34.5 Å². The Morgan fingerprint density at radius 2 is 1.63 bits per heavy atom. The molecule has 0 radical (unpaired) electrons. The summed E-state index contributed by atoms with van der Waals surface area (Å²) in [5.41, 5.74) is 4.47. The van der Waals surface area contributed by atoms with Crippen molar-refractivity contribution < 1.29 is 56.6 Å². The first kappa shape index (κ1) is 33.1. The van der Waals surface area contributed by atoms with Crippen LogP contribution in [-0.4, -0.2) is 42.3 Å². The summed E-state index contributed by atoms with van der Waals surface area (Å²) in [6.45, 7) is 0.409. The molecule has 0 aliphatic carbocycles. The fourth-order valence-corrected chi connectivity index (χ4v) is 5.74. The van der Waals surface area contributed by atoms with Gasteiger partial charge < -0.3 is 9.29 Å². The number of aromatic nitrogens is 2. The van der Waals surface area contributed by atoms with Gasteiger partial charge in [-0.3, -0.25) is 5.32 Å². The number of nitrogens with one attached hydrogen (secondary N) is 1. The zero-order valence-corrected chi connectivity index (χ0v) is 27.6. The van der Waals surface area contributed by atoms with Crippen LogP contribution in [0.2, 0.25) is 5.02 Å².